The summed E-state index contributed by atoms with van der Waals surface area (Å²) in [4.78, 5) is 74.3. The Hall–Kier alpha value is -6.90. The van der Waals surface area contributed by atoms with Gasteiger partial charge in [0.1, 0.15) is 17.2 Å². The summed E-state index contributed by atoms with van der Waals surface area (Å²) >= 11 is 0. The Kier molecular flexibility index (Phi) is 33.8. The molecule has 0 aliphatic rings. The molecule has 428 valence electrons. The summed E-state index contributed by atoms with van der Waals surface area (Å²) in [5.41, 5.74) is 2.99. The maximum atomic E-state index is 12.9. The van der Waals surface area contributed by atoms with Gasteiger partial charge in [0.05, 0.1) is 69.4 Å². The largest absolute Gasteiger partial charge is 0.494 e. The molecular weight excluding hydrogens is 997 g/mol. The lowest BCUT2D eigenvalue weighted by molar-refractivity contribution is -0.191. The van der Waals surface area contributed by atoms with Crippen LogP contribution in [0.25, 0.3) is 16.7 Å². The van der Waals surface area contributed by atoms with Gasteiger partial charge in [-0.15, -0.1) is 0 Å². The van der Waals surface area contributed by atoms with Gasteiger partial charge in [0.15, 0.2) is 0 Å². The van der Waals surface area contributed by atoms with E-state index < -0.39 is 36.1 Å². The van der Waals surface area contributed by atoms with Gasteiger partial charge in [-0.25, -0.2) is 14.4 Å². The summed E-state index contributed by atoms with van der Waals surface area (Å²) in [5, 5.41) is 0. The van der Waals surface area contributed by atoms with Crippen molar-refractivity contribution in [3.05, 3.63) is 109 Å². The van der Waals surface area contributed by atoms with E-state index in [0.29, 0.717) is 104 Å². The van der Waals surface area contributed by atoms with Gasteiger partial charge < -0.3 is 42.6 Å². The zero-order valence-electron chi connectivity index (χ0n) is 46.8. The fraction of sp³-hybridized carbons (Fsp3) is 0.524. The van der Waals surface area contributed by atoms with E-state index >= 15 is 0 Å². The van der Waals surface area contributed by atoms with Crippen molar-refractivity contribution in [2.75, 3.05) is 46.2 Å². The first-order valence-corrected chi connectivity index (χ1v) is 28.2. The number of hydrogen-bond acceptors (Lipinski definition) is 15. The van der Waals surface area contributed by atoms with Crippen LogP contribution in [-0.4, -0.2) is 88.4 Å². The average molecular weight is 1080 g/mol. The molecule has 0 aliphatic carbocycles. The van der Waals surface area contributed by atoms with E-state index in [1.54, 1.807) is 57.2 Å². The topological polar surface area (TPSA) is 185 Å². The zero-order valence-corrected chi connectivity index (χ0v) is 46.8. The van der Waals surface area contributed by atoms with Gasteiger partial charge in [0, 0.05) is 19.3 Å². The Morgan fingerprint density at radius 3 is 0.910 bits per heavy atom. The minimum atomic E-state index is -1.15. The number of rotatable bonds is 44. The number of unbranched alkanes of at least 4 members (excludes halogenated alkanes) is 15. The fourth-order valence-electron chi connectivity index (χ4n) is 7.96. The molecule has 78 heavy (non-hydrogen) atoms. The Labute approximate surface area is 463 Å². The molecule has 15 nitrogen and oxygen atoms in total. The highest BCUT2D eigenvalue weighted by Gasteiger charge is 2.20. The summed E-state index contributed by atoms with van der Waals surface area (Å²) in [7, 11) is 0. The highest BCUT2D eigenvalue weighted by atomic mass is 16.7. The number of benzene rings is 3. The highest BCUT2D eigenvalue weighted by Crippen LogP contribution is 2.23. The fourth-order valence-corrected chi connectivity index (χ4v) is 7.96. The van der Waals surface area contributed by atoms with E-state index in [1.165, 1.54) is 0 Å². The van der Waals surface area contributed by atoms with Crippen molar-refractivity contribution in [2.45, 2.75) is 168 Å². The van der Waals surface area contributed by atoms with E-state index in [1.807, 2.05) is 36.4 Å². The summed E-state index contributed by atoms with van der Waals surface area (Å²) < 4.78 is 49.3. The molecule has 0 aromatic heterocycles. The van der Waals surface area contributed by atoms with Crippen molar-refractivity contribution in [3.63, 3.8) is 0 Å². The first-order valence-electron chi connectivity index (χ1n) is 28.2. The molecule has 0 fully saturated rings. The predicted molar refractivity (Wildman–Crippen MR) is 301 cm³/mol. The first kappa shape index (κ1) is 65.4. The van der Waals surface area contributed by atoms with Gasteiger partial charge in [0.25, 0.3) is 6.29 Å². The highest BCUT2D eigenvalue weighted by molar-refractivity contribution is 6.16. The molecular formula is C63H86O15. The molecule has 0 amide bonds. The van der Waals surface area contributed by atoms with Crippen molar-refractivity contribution >= 4 is 52.5 Å². The Balaban J connectivity index is 1.31. The van der Waals surface area contributed by atoms with Crippen LogP contribution < -0.4 is 14.2 Å². The summed E-state index contributed by atoms with van der Waals surface area (Å²) in [5.74, 6) is -0.454. The number of esters is 6. The lowest BCUT2D eigenvalue weighted by atomic mass is 10.1. The molecule has 0 aliphatic heterocycles. The van der Waals surface area contributed by atoms with Crippen molar-refractivity contribution in [3.8, 4) is 17.2 Å². The average Bonchev–Trinajstić information content (AvgIpc) is 3.44. The molecule has 3 rings (SSSR count). The van der Waals surface area contributed by atoms with Crippen LogP contribution in [0.3, 0.4) is 0 Å². The normalized spacial score (nSPS) is 10.8. The molecule has 0 heterocycles. The van der Waals surface area contributed by atoms with Crippen LogP contribution >= 0.6 is 0 Å². The second kappa shape index (κ2) is 40.3. The van der Waals surface area contributed by atoms with E-state index in [9.17, 15) is 28.8 Å². The summed E-state index contributed by atoms with van der Waals surface area (Å²) in [6.45, 7) is 19.2. The molecule has 15 heteroatoms. The molecule has 0 atom stereocenters. The van der Waals surface area contributed by atoms with E-state index in [2.05, 4.69) is 19.7 Å². The second-order valence-corrected chi connectivity index (χ2v) is 18.7. The Morgan fingerprint density at radius 2 is 0.615 bits per heavy atom. The maximum Gasteiger partial charge on any atom is 0.338 e. The number of carbonyl (C=O) groups is 6. The van der Waals surface area contributed by atoms with Crippen LogP contribution in [0.1, 0.15) is 179 Å². The number of ether oxygens (including phenoxy) is 9. The van der Waals surface area contributed by atoms with Crippen LogP contribution in [0.2, 0.25) is 0 Å². The molecule has 0 saturated heterocycles. The van der Waals surface area contributed by atoms with Gasteiger partial charge in [-0.05, 0) is 112 Å². The first-order chi connectivity index (χ1) is 37.8. The van der Waals surface area contributed by atoms with Crippen molar-refractivity contribution < 1.29 is 71.4 Å². The van der Waals surface area contributed by atoms with Crippen LogP contribution in [0.4, 0.5) is 0 Å². The van der Waals surface area contributed by atoms with Gasteiger partial charge in [-0.2, -0.15) is 0 Å². The van der Waals surface area contributed by atoms with E-state index in [0.717, 1.165) is 102 Å². The van der Waals surface area contributed by atoms with E-state index in [-0.39, 0.29) is 38.3 Å². The van der Waals surface area contributed by atoms with E-state index in [4.69, 9.17) is 42.6 Å². The zero-order chi connectivity index (χ0) is 56.6. The Bertz CT molecular complexity index is 2160. The molecule has 0 bridgehead atoms. The predicted octanol–water partition coefficient (Wildman–Crippen LogP) is 13.5. The van der Waals surface area contributed by atoms with Crippen molar-refractivity contribution in [1.82, 2.24) is 0 Å². The van der Waals surface area contributed by atoms with Crippen LogP contribution in [0, 0.1) is 0 Å². The number of carbonyl (C=O) groups excluding carboxylic acids is 6. The quantitative estimate of drug-likeness (QED) is 0.0171. The third-order valence-corrected chi connectivity index (χ3v) is 12.4. The summed E-state index contributed by atoms with van der Waals surface area (Å²) in [6, 6.07) is 21.6. The monoisotopic (exact) mass is 1080 g/mol. The molecule has 3 aromatic rings. The molecule has 0 radical (unpaired) electrons. The maximum absolute atomic E-state index is 12.9. The molecule has 0 spiro atoms. The van der Waals surface area contributed by atoms with Gasteiger partial charge in [0.2, 0.25) is 0 Å². The lowest BCUT2D eigenvalue weighted by Gasteiger charge is -2.18. The van der Waals surface area contributed by atoms with Crippen LogP contribution in [0.15, 0.2) is 92.5 Å². The molecule has 0 saturated carbocycles. The van der Waals surface area contributed by atoms with Crippen molar-refractivity contribution in [1.29, 1.82) is 0 Å². The Morgan fingerprint density at radius 1 is 0.346 bits per heavy atom. The van der Waals surface area contributed by atoms with Gasteiger partial charge >= 0.3 is 35.8 Å². The van der Waals surface area contributed by atoms with Gasteiger partial charge in [-0.3, -0.25) is 14.4 Å². The van der Waals surface area contributed by atoms with Crippen LogP contribution in [-0.2, 0) is 57.2 Å². The molecule has 0 N–H and O–H groups in total. The minimum Gasteiger partial charge on any atom is -0.494 e. The third kappa shape index (κ3) is 28.5. The SMILES string of the molecule is C=C(C(=O)OCC)c1ccc(OCCCCCCCCC(=O)OCCC(OC(=O)CCCCCCCCOc2ccc(C(=C)C(=O)OCC)cc2)OC(=O)CCCCCCCCOc2ccc(C(=C)C(=O)OCC)cc2)cc1. The molecule has 0 unspecified atom stereocenters. The second-order valence-electron chi connectivity index (χ2n) is 18.7. The minimum absolute atomic E-state index is 0.0442. The standard InChI is InChI=1S/C63H86O15/c1-7-70-61(67)48(4)51-31-37-54(38-32-51)73-44-25-19-13-10-16-22-28-57(64)76-47-43-60(77-58(65)29-23-17-11-14-20-26-45-74-55-39-33-52(34-40-55)49(5)62(68)71-8-2)78-59(66)30-24-18-12-15-21-27-46-75-56-41-35-53(36-42-56)50(6)63(69)72-9-3/h31-42,60H,4-30,43-47H2,1-3H3. The van der Waals surface area contributed by atoms with Crippen LogP contribution in [0.5, 0.6) is 17.2 Å². The third-order valence-electron chi connectivity index (χ3n) is 12.4. The summed E-state index contributed by atoms with van der Waals surface area (Å²) in [6.07, 6.45) is 15.4. The number of hydrogen-bond donors (Lipinski definition) is 0. The van der Waals surface area contributed by atoms with Crippen molar-refractivity contribution in [2.24, 2.45) is 0 Å². The molecule has 3 aromatic carbocycles. The lowest BCUT2D eigenvalue weighted by Crippen LogP contribution is -2.26. The van der Waals surface area contributed by atoms with Gasteiger partial charge in [-0.1, -0.05) is 133 Å². The smallest absolute Gasteiger partial charge is 0.338 e.